The molecule has 4 heteroatoms. The summed E-state index contributed by atoms with van der Waals surface area (Å²) in [7, 11) is 0. The molecule has 1 aromatic rings. The third kappa shape index (κ3) is 3.47. The minimum Gasteiger partial charge on any atom is -0.443 e. The maximum Gasteiger partial charge on any atom is 0.410 e. The highest BCUT2D eigenvalue weighted by Gasteiger charge is 2.29. The highest BCUT2D eigenvalue weighted by Crippen LogP contribution is 2.12. The molecule has 1 unspecified atom stereocenters. The zero-order valence-corrected chi connectivity index (χ0v) is 10.5. The van der Waals surface area contributed by atoms with E-state index in [9.17, 15) is 4.79 Å². The fourth-order valence-electron chi connectivity index (χ4n) is 2.16. The minimum absolute atomic E-state index is 0.119. The van der Waals surface area contributed by atoms with Crippen LogP contribution in [0, 0.1) is 0 Å². The van der Waals surface area contributed by atoms with Crippen molar-refractivity contribution in [2.45, 2.75) is 25.4 Å². The summed E-state index contributed by atoms with van der Waals surface area (Å²) in [6.07, 6.45) is 2.81. The Hall–Kier alpha value is -1.55. The number of carbonyl (C=O) groups excluding carboxylic acids is 1. The molecule has 1 amide bonds. The molecule has 1 aromatic carbocycles. The number of ether oxygens (including phenoxy) is 1. The van der Waals surface area contributed by atoms with E-state index in [4.69, 9.17) is 10.5 Å². The van der Waals surface area contributed by atoms with Gasteiger partial charge in [0.05, 0.1) is 6.54 Å². The summed E-state index contributed by atoms with van der Waals surface area (Å²) >= 11 is 0. The van der Waals surface area contributed by atoms with Gasteiger partial charge in [-0.05, 0) is 24.8 Å². The standard InChI is InChI=1S/C14H20N2O2/c15-10-13-11-16(14(17)18-13)9-5-4-8-12-6-2-1-3-7-12/h1-3,6-7,13H,4-5,8-11,15H2. The molecule has 18 heavy (non-hydrogen) atoms. The van der Waals surface area contributed by atoms with Gasteiger partial charge in [-0.25, -0.2) is 4.79 Å². The number of nitrogens with two attached hydrogens (primary N) is 1. The van der Waals surface area contributed by atoms with Crippen molar-refractivity contribution in [3.8, 4) is 0 Å². The van der Waals surface area contributed by atoms with E-state index in [1.165, 1.54) is 5.56 Å². The molecule has 1 aliphatic heterocycles. The van der Waals surface area contributed by atoms with Gasteiger partial charge in [0.25, 0.3) is 0 Å². The number of benzene rings is 1. The molecule has 1 fully saturated rings. The molecule has 2 N–H and O–H groups in total. The van der Waals surface area contributed by atoms with Crippen LogP contribution in [0.4, 0.5) is 4.79 Å². The van der Waals surface area contributed by atoms with E-state index in [-0.39, 0.29) is 12.2 Å². The summed E-state index contributed by atoms with van der Waals surface area (Å²) in [4.78, 5) is 13.2. The lowest BCUT2D eigenvalue weighted by Gasteiger charge is -2.12. The van der Waals surface area contributed by atoms with Crippen molar-refractivity contribution in [3.05, 3.63) is 35.9 Å². The Labute approximate surface area is 108 Å². The molecule has 0 aromatic heterocycles. The molecule has 0 aliphatic carbocycles. The van der Waals surface area contributed by atoms with Crippen LogP contribution in [0.15, 0.2) is 30.3 Å². The lowest BCUT2D eigenvalue weighted by atomic mass is 10.1. The highest BCUT2D eigenvalue weighted by molar-refractivity contribution is 5.69. The van der Waals surface area contributed by atoms with Crippen LogP contribution >= 0.6 is 0 Å². The monoisotopic (exact) mass is 248 g/mol. The summed E-state index contributed by atoms with van der Waals surface area (Å²) in [5.74, 6) is 0. The maximum atomic E-state index is 11.5. The number of rotatable bonds is 6. The summed E-state index contributed by atoms with van der Waals surface area (Å²) in [5, 5.41) is 0. The SMILES string of the molecule is NCC1CN(CCCCc2ccccc2)C(=O)O1. The van der Waals surface area contributed by atoms with Gasteiger partial charge in [-0.2, -0.15) is 0 Å². The highest BCUT2D eigenvalue weighted by atomic mass is 16.6. The zero-order chi connectivity index (χ0) is 12.8. The summed E-state index contributed by atoms with van der Waals surface area (Å²) in [6, 6.07) is 10.4. The van der Waals surface area contributed by atoms with Crippen LogP contribution in [0.2, 0.25) is 0 Å². The average molecular weight is 248 g/mol. The third-order valence-corrected chi connectivity index (χ3v) is 3.20. The van der Waals surface area contributed by atoms with E-state index < -0.39 is 0 Å². The summed E-state index contributed by atoms with van der Waals surface area (Å²) in [5.41, 5.74) is 6.83. The van der Waals surface area contributed by atoms with Crippen LogP contribution in [-0.2, 0) is 11.2 Å². The summed E-state index contributed by atoms with van der Waals surface area (Å²) < 4.78 is 5.10. The van der Waals surface area contributed by atoms with Gasteiger partial charge < -0.3 is 15.4 Å². The van der Waals surface area contributed by atoms with Crippen LogP contribution in [0.3, 0.4) is 0 Å². The van der Waals surface area contributed by atoms with Crippen molar-refractivity contribution in [1.29, 1.82) is 0 Å². The number of amides is 1. The van der Waals surface area contributed by atoms with Gasteiger partial charge in [0.2, 0.25) is 0 Å². The number of hydrogen-bond acceptors (Lipinski definition) is 3. The molecular weight excluding hydrogens is 228 g/mol. The van der Waals surface area contributed by atoms with Crippen molar-refractivity contribution in [2.75, 3.05) is 19.6 Å². The fraction of sp³-hybridized carbons (Fsp3) is 0.500. The molecule has 0 bridgehead atoms. The second-order valence-corrected chi connectivity index (χ2v) is 4.63. The van der Waals surface area contributed by atoms with Gasteiger partial charge in [-0.3, -0.25) is 0 Å². The first-order chi connectivity index (χ1) is 8.79. The molecule has 0 spiro atoms. The second kappa shape index (κ2) is 6.40. The molecule has 1 heterocycles. The Morgan fingerprint density at radius 2 is 2.06 bits per heavy atom. The first-order valence-corrected chi connectivity index (χ1v) is 6.49. The van der Waals surface area contributed by atoms with E-state index in [1.54, 1.807) is 4.90 Å². The molecule has 2 rings (SSSR count). The topological polar surface area (TPSA) is 55.6 Å². The molecule has 0 radical (unpaired) electrons. The number of aryl methyl sites for hydroxylation is 1. The number of nitrogens with zero attached hydrogens (tertiary/aromatic N) is 1. The minimum atomic E-state index is -0.217. The molecule has 98 valence electrons. The van der Waals surface area contributed by atoms with Crippen LogP contribution in [0.5, 0.6) is 0 Å². The Kier molecular flexibility index (Phi) is 4.59. The Bertz CT molecular complexity index is 381. The van der Waals surface area contributed by atoms with E-state index in [0.29, 0.717) is 13.1 Å². The molecular formula is C14H20N2O2. The normalized spacial score (nSPS) is 19.1. The molecule has 4 nitrogen and oxygen atoms in total. The first-order valence-electron chi connectivity index (χ1n) is 6.49. The first kappa shape index (κ1) is 12.9. The predicted molar refractivity (Wildman–Crippen MR) is 70.3 cm³/mol. The Morgan fingerprint density at radius 1 is 1.28 bits per heavy atom. The lowest BCUT2D eigenvalue weighted by Crippen LogP contribution is -2.28. The molecule has 0 saturated carbocycles. The van der Waals surface area contributed by atoms with Gasteiger partial charge in [0.15, 0.2) is 0 Å². The van der Waals surface area contributed by atoms with Crippen LogP contribution in [-0.4, -0.2) is 36.7 Å². The molecule has 1 atom stereocenters. The molecule has 1 aliphatic rings. The number of carbonyl (C=O) groups is 1. The largest absolute Gasteiger partial charge is 0.443 e. The number of cyclic esters (lactones) is 1. The summed E-state index contributed by atoms with van der Waals surface area (Å²) in [6.45, 7) is 1.81. The zero-order valence-electron chi connectivity index (χ0n) is 10.5. The van der Waals surface area contributed by atoms with Crippen LogP contribution in [0.25, 0.3) is 0 Å². The fourth-order valence-corrected chi connectivity index (χ4v) is 2.16. The van der Waals surface area contributed by atoms with E-state index in [2.05, 4.69) is 24.3 Å². The van der Waals surface area contributed by atoms with Gasteiger partial charge >= 0.3 is 6.09 Å². The lowest BCUT2D eigenvalue weighted by molar-refractivity contribution is 0.135. The Morgan fingerprint density at radius 3 is 2.72 bits per heavy atom. The van der Waals surface area contributed by atoms with Crippen molar-refractivity contribution in [2.24, 2.45) is 5.73 Å². The van der Waals surface area contributed by atoms with E-state index in [1.807, 2.05) is 6.07 Å². The smallest absolute Gasteiger partial charge is 0.410 e. The van der Waals surface area contributed by atoms with Crippen LogP contribution in [0.1, 0.15) is 18.4 Å². The maximum absolute atomic E-state index is 11.5. The Balaban J connectivity index is 1.65. The van der Waals surface area contributed by atoms with Gasteiger partial charge in [0.1, 0.15) is 6.10 Å². The third-order valence-electron chi connectivity index (χ3n) is 3.20. The second-order valence-electron chi connectivity index (χ2n) is 4.63. The van der Waals surface area contributed by atoms with E-state index in [0.717, 1.165) is 25.8 Å². The van der Waals surface area contributed by atoms with Crippen molar-refractivity contribution >= 4 is 6.09 Å². The van der Waals surface area contributed by atoms with Crippen LogP contribution < -0.4 is 5.73 Å². The van der Waals surface area contributed by atoms with Gasteiger partial charge in [-0.15, -0.1) is 0 Å². The molecule has 1 saturated heterocycles. The number of hydrogen-bond donors (Lipinski definition) is 1. The predicted octanol–water partition coefficient (Wildman–Crippen LogP) is 1.79. The average Bonchev–Trinajstić information content (AvgIpc) is 2.77. The van der Waals surface area contributed by atoms with Crippen molar-refractivity contribution < 1.29 is 9.53 Å². The number of unbranched alkanes of at least 4 members (excludes halogenated alkanes) is 1. The quantitative estimate of drug-likeness (QED) is 0.781. The van der Waals surface area contributed by atoms with Gasteiger partial charge in [0, 0.05) is 13.1 Å². The van der Waals surface area contributed by atoms with Crippen molar-refractivity contribution in [3.63, 3.8) is 0 Å². The van der Waals surface area contributed by atoms with E-state index >= 15 is 0 Å². The van der Waals surface area contributed by atoms with Crippen molar-refractivity contribution in [1.82, 2.24) is 4.90 Å². The van der Waals surface area contributed by atoms with Gasteiger partial charge in [-0.1, -0.05) is 30.3 Å².